The van der Waals surface area contributed by atoms with Gasteiger partial charge in [-0.05, 0) is 24.5 Å². The van der Waals surface area contributed by atoms with E-state index in [1.807, 2.05) is 24.3 Å². The highest BCUT2D eigenvalue weighted by Crippen LogP contribution is 2.16. The van der Waals surface area contributed by atoms with Gasteiger partial charge in [0.05, 0.1) is 0 Å². The lowest BCUT2D eigenvalue weighted by atomic mass is 10.1. The molecule has 1 heterocycles. The van der Waals surface area contributed by atoms with Gasteiger partial charge in [0, 0.05) is 24.5 Å². The average molecular weight is 239 g/mol. The molecule has 0 unspecified atom stereocenters. The Bertz CT molecular complexity index is 381. The molecule has 1 aliphatic rings. The number of benzene rings is 1. The summed E-state index contributed by atoms with van der Waals surface area (Å²) in [5.41, 5.74) is 4.19. The third-order valence-electron chi connectivity index (χ3n) is 2.73. The van der Waals surface area contributed by atoms with Crippen molar-refractivity contribution >= 4 is 17.5 Å². The largest absolute Gasteiger partial charge is 0.278 e. The highest BCUT2D eigenvalue weighted by molar-refractivity contribution is 6.31. The quantitative estimate of drug-likeness (QED) is 0.874. The van der Waals surface area contributed by atoms with Gasteiger partial charge in [-0.3, -0.25) is 9.80 Å². The molecular weight excluding hydrogens is 224 g/mol. The van der Waals surface area contributed by atoms with E-state index in [1.54, 1.807) is 5.01 Å². The van der Waals surface area contributed by atoms with Gasteiger partial charge in [0.25, 0.3) is 0 Å². The summed E-state index contributed by atoms with van der Waals surface area (Å²) in [6.07, 6.45) is 2.37. The van der Waals surface area contributed by atoms with Crippen LogP contribution in [0, 0.1) is 0 Å². The maximum Gasteiger partial charge on any atom is 0.236 e. The first-order valence-electron chi connectivity index (χ1n) is 5.54. The second-order valence-corrected chi connectivity index (χ2v) is 4.31. The third-order valence-corrected chi connectivity index (χ3v) is 3.10. The van der Waals surface area contributed by atoms with Gasteiger partial charge in [-0.25, -0.2) is 5.43 Å². The first-order chi connectivity index (χ1) is 7.77. The Morgan fingerprint density at radius 1 is 1.38 bits per heavy atom. The van der Waals surface area contributed by atoms with Crippen LogP contribution < -0.4 is 5.43 Å². The van der Waals surface area contributed by atoms with Crippen molar-refractivity contribution in [2.24, 2.45) is 0 Å². The molecule has 0 saturated carbocycles. The predicted molar refractivity (Wildman–Crippen MR) is 64.1 cm³/mol. The number of halogens is 1. The van der Waals surface area contributed by atoms with Crippen molar-refractivity contribution < 1.29 is 4.79 Å². The molecule has 1 N–H and O–H groups in total. The number of hydrazine groups is 1. The van der Waals surface area contributed by atoms with Gasteiger partial charge in [0.15, 0.2) is 0 Å². The minimum Gasteiger partial charge on any atom is -0.278 e. The Labute approximate surface area is 100 Å². The molecule has 1 aromatic rings. The van der Waals surface area contributed by atoms with Gasteiger partial charge in [-0.2, -0.15) is 0 Å². The van der Waals surface area contributed by atoms with Crippen LogP contribution in [0.5, 0.6) is 0 Å². The zero-order valence-corrected chi connectivity index (χ0v) is 9.83. The summed E-state index contributed by atoms with van der Waals surface area (Å²) < 4.78 is 0. The van der Waals surface area contributed by atoms with Crippen LogP contribution in [0.2, 0.25) is 5.02 Å². The van der Waals surface area contributed by atoms with Gasteiger partial charge in [-0.1, -0.05) is 29.8 Å². The normalized spacial score (nSPS) is 16.6. The summed E-state index contributed by atoms with van der Waals surface area (Å²) in [7, 11) is 0. The second-order valence-electron chi connectivity index (χ2n) is 3.90. The van der Waals surface area contributed by atoms with E-state index in [-0.39, 0.29) is 5.91 Å². The molecule has 1 aromatic carbocycles. The van der Waals surface area contributed by atoms with Crippen LogP contribution >= 0.6 is 11.6 Å². The van der Waals surface area contributed by atoms with Crippen molar-refractivity contribution in [1.82, 2.24) is 10.4 Å². The van der Waals surface area contributed by atoms with E-state index < -0.39 is 0 Å². The zero-order chi connectivity index (χ0) is 11.4. The maximum atomic E-state index is 11.5. The van der Waals surface area contributed by atoms with E-state index >= 15 is 0 Å². The molecule has 3 nitrogen and oxygen atoms in total. The molecule has 0 aromatic heterocycles. The van der Waals surface area contributed by atoms with Crippen LogP contribution in [0.25, 0.3) is 0 Å². The SMILES string of the molecule is O=C1CCCNN1CCc1ccccc1Cl. The predicted octanol–water partition coefficient (Wildman–Crippen LogP) is 2.01. The van der Waals surface area contributed by atoms with Gasteiger partial charge in [0.2, 0.25) is 5.91 Å². The van der Waals surface area contributed by atoms with Crippen molar-refractivity contribution in [1.29, 1.82) is 0 Å². The van der Waals surface area contributed by atoms with Crippen LogP contribution in [0.15, 0.2) is 24.3 Å². The molecular formula is C12H15ClN2O. The molecule has 0 bridgehead atoms. The van der Waals surface area contributed by atoms with Crippen LogP contribution in [0.1, 0.15) is 18.4 Å². The molecule has 86 valence electrons. The number of amides is 1. The highest BCUT2D eigenvalue weighted by Gasteiger charge is 2.17. The molecule has 1 fully saturated rings. The fourth-order valence-electron chi connectivity index (χ4n) is 1.81. The molecule has 1 aliphatic heterocycles. The molecule has 1 amide bonds. The number of nitrogens with zero attached hydrogens (tertiary/aromatic N) is 1. The summed E-state index contributed by atoms with van der Waals surface area (Å²) in [5, 5.41) is 2.47. The number of carbonyl (C=O) groups excluding carboxylic acids is 1. The van der Waals surface area contributed by atoms with Gasteiger partial charge in [-0.15, -0.1) is 0 Å². The summed E-state index contributed by atoms with van der Waals surface area (Å²) in [4.78, 5) is 11.5. The molecule has 16 heavy (non-hydrogen) atoms. The van der Waals surface area contributed by atoms with Gasteiger partial charge < -0.3 is 0 Å². The van der Waals surface area contributed by atoms with Crippen LogP contribution in [0.3, 0.4) is 0 Å². The molecule has 0 spiro atoms. The van der Waals surface area contributed by atoms with Gasteiger partial charge >= 0.3 is 0 Å². The molecule has 0 atom stereocenters. The van der Waals surface area contributed by atoms with Crippen molar-refractivity contribution in [3.05, 3.63) is 34.9 Å². The summed E-state index contributed by atoms with van der Waals surface area (Å²) in [6, 6.07) is 7.75. The van der Waals surface area contributed by atoms with Crippen molar-refractivity contribution in [2.45, 2.75) is 19.3 Å². The molecule has 2 rings (SSSR count). The number of carbonyl (C=O) groups is 1. The lowest BCUT2D eigenvalue weighted by molar-refractivity contribution is -0.136. The monoisotopic (exact) mass is 238 g/mol. The second kappa shape index (κ2) is 5.32. The summed E-state index contributed by atoms with van der Waals surface area (Å²) in [5.74, 6) is 0.179. The average Bonchev–Trinajstić information content (AvgIpc) is 2.30. The van der Waals surface area contributed by atoms with Gasteiger partial charge in [0.1, 0.15) is 0 Å². The fraction of sp³-hybridized carbons (Fsp3) is 0.417. The van der Waals surface area contributed by atoms with Crippen LogP contribution in [0.4, 0.5) is 0 Å². The van der Waals surface area contributed by atoms with Crippen molar-refractivity contribution in [3.8, 4) is 0 Å². The topological polar surface area (TPSA) is 32.3 Å². The number of hydrogen-bond donors (Lipinski definition) is 1. The van der Waals surface area contributed by atoms with E-state index in [0.29, 0.717) is 13.0 Å². The molecule has 0 radical (unpaired) electrons. The Morgan fingerprint density at radius 3 is 2.94 bits per heavy atom. The Balaban J connectivity index is 1.92. The van der Waals surface area contributed by atoms with E-state index in [9.17, 15) is 4.79 Å². The molecule has 1 saturated heterocycles. The van der Waals surface area contributed by atoms with Crippen molar-refractivity contribution in [3.63, 3.8) is 0 Å². The zero-order valence-electron chi connectivity index (χ0n) is 9.08. The Kier molecular flexibility index (Phi) is 3.80. The minimum absolute atomic E-state index is 0.179. The van der Waals surface area contributed by atoms with Crippen molar-refractivity contribution in [2.75, 3.05) is 13.1 Å². The fourth-order valence-corrected chi connectivity index (χ4v) is 2.04. The lowest BCUT2D eigenvalue weighted by Gasteiger charge is -2.27. The Hall–Kier alpha value is -1.06. The maximum absolute atomic E-state index is 11.5. The molecule has 0 aliphatic carbocycles. The smallest absolute Gasteiger partial charge is 0.236 e. The van der Waals surface area contributed by atoms with E-state index in [2.05, 4.69) is 5.43 Å². The number of hydrogen-bond acceptors (Lipinski definition) is 2. The molecule has 4 heteroatoms. The minimum atomic E-state index is 0.179. The lowest BCUT2D eigenvalue weighted by Crippen LogP contribution is -2.47. The Morgan fingerprint density at radius 2 is 2.19 bits per heavy atom. The summed E-state index contributed by atoms with van der Waals surface area (Å²) >= 11 is 6.05. The first kappa shape index (κ1) is 11.4. The van der Waals surface area contributed by atoms with Crippen LogP contribution in [-0.4, -0.2) is 24.0 Å². The van der Waals surface area contributed by atoms with E-state index in [1.165, 1.54) is 0 Å². The standard InChI is InChI=1S/C12H15ClN2O/c13-11-5-2-1-4-10(11)7-9-15-12(16)6-3-8-14-15/h1-2,4-5,14H,3,6-9H2. The number of rotatable bonds is 3. The van der Waals surface area contributed by atoms with E-state index in [0.717, 1.165) is 30.0 Å². The summed E-state index contributed by atoms with van der Waals surface area (Å²) in [6.45, 7) is 1.57. The number of nitrogens with one attached hydrogen (secondary N) is 1. The first-order valence-corrected chi connectivity index (χ1v) is 5.92. The third kappa shape index (κ3) is 2.74. The van der Waals surface area contributed by atoms with Crippen LogP contribution in [-0.2, 0) is 11.2 Å². The van der Waals surface area contributed by atoms with E-state index in [4.69, 9.17) is 11.6 Å². The highest BCUT2D eigenvalue weighted by atomic mass is 35.5.